The summed E-state index contributed by atoms with van der Waals surface area (Å²) in [7, 11) is 0. The number of nitrogens with one attached hydrogen (secondary N) is 2. The highest BCUT2D eigenvalue weighted by molar-refractivity contribution is 6.36. The molecule has 0 bridgehead atoms. The van der Waals surface area contributed by atoms with Gasteiger partial charge in [0.1, 0.15) is 12.1 Å². The number of nitrogens with zero attached hydrogens (tertiary/aromatic N) is 3. The first-order valence-corrected chi connectivity index (χ1v) is 22.3. The van der Waals surface area contributed by atoms with Crippen LogP contribution in [0.15, 0.2) is 24.3 Å². The first-order valence-electron chi connectivity index (χ1n) is 22.3. The van der Waals surface area contributed by atoms with E-state index in [-0.39, 0.29) is 36.6 Å². The molecule has 6 rings (SSSR count). The van der Waals surface area contributed by atoms with Crippen LogP contribution in [0, 0.1) is 28.1 Å². The second kappa shape index (κ2) is 18.2. The molecule has 330 valence electrons. The van der Waals surface area contributed by atoms with E-state index in [1.165, 1.54) is 10.5 Å². The lowest BCUT2D eigenvalue weighted by Gasteiger charge is -2.43. The molecule has 2 saturated carbocycles. The fourth-order valence-corrected chi connectivity index (χ4v) is 9.72. The lowest BCUT2D eigenvalue weighted by atomic mass is 9.70. The first kappa shape index (κ1) is 45.0. The zero-order chi connectivity index (χ0) is 43.6. The molecule has 14 heteroatoms. The Kier molecular flexibility index (Phi) is 13.7. The molecule has 4 N–H and O–H groups in total. The molecule has 4 fully saturated rings. The van der Waals surface area contributed by atoms with Gasteiger partial charge in [-0.2, -0.15) is 0 Å². The summed E-state index contributed by atoms with van der Waals surface area (Å²) in [5, 5.41) is 6.19. The Morgan fingerprint density at radius 1 is 0.933 bits per heavy atom. The molecule has 1 aromatic carbocycles. The lowest BCUT2D eigenvalue weighted by Crippen LogP contribution is -2.62. The summed E-state index contributed by atoms with van der Waals surface area (Å²) in [6, 6.07) is 4.86. The van der Waals surface area contributed by atoms with E-state index in [1.54, 1.807) is 4.90 Å². The fraction of sp³-hybridized carbons (Fsp3) is 0.717. The maximum Gasteiger partial charge on any atom is 0.410 e. The molecule has 0 spiro atoms. The average molecular weight is 833 g/mol. The van der Waals surface area contributed by atoms with Crippen LogP contribution in [0.25, 0.3) is 0 Å². The van der Waals surface area contributed by atoms with Crippen molar-refractivity contribution in [1.29, 1.82) is 0 Å². The number of urea groups is 1. The van der Waals surface area contributed by atoms with Crippen LogP contribution in [0.5, 0.6) is 0 Å². The number of piperidine rings is 1. The van der Waals surface area contributed by atoms with Crippen LogP contribution in [0.3, 0.4) is 0 Å². The molecule has 2 aliphatic carbocycles. The number of ketones is 2. The van der Waals surface area contributed by atoms with Gasteiger partial charge in [0.05, 0.1) is 18.6 Å². The van der Waals surface area contributed by atoms with Crippen molar-refractivity contribution in [1.82, 2.24) is 25.3 Å². The number of benzene rings is 1. The third kappa shape index (κ3) is 11.1. The Hall–Kier alpha value is -4.49. The van der Waals surface area contributed by atoms with Gasteiger partial charge in [0.2, 0.25) is 17.6 Å². The molecule has 0 radical (unpaired) electrons. The maximum atomic E-state index is 15.2. The van der Waals surface area contributed by atoms with Gasteiger partial charge in [-0.1, -0.05) is 97.9 Å². The predicted octanol–water partition coefficient (Wildman–Crippen LogP) is 5.28. The SMILES string of the molecule is CC1(C)CCN(C[C@@H](NC(=O)N[C@H](C(=O)N2C[C@H](OC(=O)N3CCc4ccccc4C3)C[C@H]2C(=O)CC(CC2CC2)C(=O)C(N)=O)C2(C)CCCCC2)C(C)(C)C)C(=O)C1. The standard InChI is InChI=1S/C46H68N6O8/c1-44(2,3)36(28-50-21-19-45(4,5)25-37(50)54)48-42(58)49-39(46(6)17-10-7-11-18-46)41(57)52-27-33(60-43(59)51-20-16-30-12-8-9-13-31(30)26-51)24-34(52)35(53)23-32(22-29-14-15-29)38(55)40(47)56/h8-9,12-13,29,32-34,36,39H,7,10-11,14-28H2,1-6H3,(H2,47,56)(H2,48,49,58)/t32?,33-,34+,36-,39-/m1/s1. The molecule has 5 aliphatic rings. The molecule has 5 atom stereocenters. The molecule has 60 heavy (non-hydrogen) atoms. The topological polar surface area (TPSA) is 189 Å². The molecule has 1 unspecified atom stereocenters. The first-order chi connectivity index (χ1) is 28.2. The number of hydrogen-bond donors (Lipinski definition) is 3. The number of fused-ring (bicyclic) bond motifs is 1. The minimum atomic E-state index is -1.09. The van der Waals surface area contributed by atoms with Crippen LogP contribution >= 0.6 is 0 Å². The third-order valence-electron chi connectivity index (χ3n) is 14.0. The van der Waals surface area contributed by atoms with E-state index in [0.717, 1.165) is 44.1 Å². The number of amides is 6. The third-order valence-corrected chi connectivity index (χ3v) is 14.0. The number of likely N-dealkylation sites (tertiary alicyclic amines) is 2. The van der Waals surface area contributed by atoms with E-state index in [4.69, 9.17) is 10.5 Å². The second-order valence-electron chi connectivity index (χ2n) is 20.6. The minimum Gasteiger partial charge on any atom is -0.444 e. The fourth-order valence-electron chi connectivity index (χ4n) is 9.72. The van der Waals surface area contributed by atoms with Gasteiger partial charge in [0.15, 0.2) is 5.78 Å². The monoisotopic (exact) mass is 833 g/mol. The summed E-state index contributed by atoms with van der Waals surface area (Å²) in [5.41, 5.74) is 6.47. The smallest absolute Gasteiger partial charge is 0.410 e. The number of hydrogen-bond acceptors (Lipinski definition) is 8. The quantitative estimate of drug-likeness (QED) is 0.211. The predicted molar refractivity (Wildman–Crippen MR) is 225 cm³/mol. The zero-order valence-corrected chi connectivity index (χ0v) is 36.7. The van der Waals surface area contributed by atoms with Crippen molar-refractivity contribution in [2.45, 2.75) is 156 Å². The Bertz CT molecular complexity index is 1810. The largest absolute Gasteiger partial charge is 0.444 e. The number of ether oxygens (including phenoxy) is 1. The zero-order valence-electron chi connectivity index (χ0n) is 36.7. The van der Waals surface area contributed by atoms with Crippen molar-refractivity contribution in [3.05, 3.63) is 35.4 Å². The number of Topliss-reactive ketones (excluding diaryl/α,β-unsaturated/α-hetero) is 2. The number of nitrogens with two attached hydrogens (primary N) is 1. The molecule has 0 aromatic heterocycles. The second-order valence-corrected chi connectivity index (χ2v) is 20.6. The van der Waals surface area contributed by atoms with Gasteiger partial charge in [-0.05, 0) is 65.4 Å². The average Bonchev–Trinajstić information content (AvgIpc) is 3.91. The minimum absolute atomic E-state index is 0.0179. The van der Waals surface area contributed by atoms with Gasteiger partial charge in [-0.15, -0.1) is 0 Å². The number of rotatable bonds is 14. The molecule has 3 aliphatic heterocycles. The van der Waals surface area contributed by atoms with Gasteiger partial charge in [-0.25, -0.2) is 9.59 Å². The molecule has 14 nitrogen and oxygen atoms in total. The Labute approximate surface area is 355 Å². The van der Waals surface area contributed by atoms with Crippen molar-refractivity contribution in [2.24, 2.45) is 33.8 Å². The van der Waals surface area contributed by atoms with Crippen LogP contribution < -0.4 is 16.4 Å². The summed E-state index contributed by atoms with van der Waals surface area (Å²) in [4.78, 5) is 101. The van der Waals surface area contributed by atoms with Crippen LogP contribution in [0.1, 0.15) is 130 Å². The van der Waals surface area contributed by atoms with Gasteiger partial charge in [0.25, 0.3) is 5.91 Å². The molecule has 2 saturated heterocycles. The van der Waals surface area contributed by atoms with E-state index in [2.05, 4.69) is 24.5 Å². The summed E-state index contributed by atoms with van der Waals surface area (Å²) >= 11 is 0. The Balaban J connectivity index is 1.24. The summed E-state index contributed by atoms with van der Waals surface area (Å²) in [5.74, 6) is -3.39. The van der Waals surface area contributed by atoms with E-state index >= 15 is 4.79 Å². The van der Waals surface area contributed by atoms with E-state index < -0.39 is 76.5 Å². The Morgan fingerprint density at radius 2 is 1.62 bits per heavy atom. The highest BCUT2D eigenvalue weighted by Crippen LogP contribution is 2.41. The molecular weight excluding hydrogens is 765 g/mol. The van der Waals surface area contributed by atoms with Crippen LogP contribution in [-0.2, 0) is 41.7 Å². The van der Waals surface area contributed by atoms with Crippen molar-refractivity contribution in [2.75, 3.05) is 26.2 Å². The molecule has 6 amide bonds. The molecular formula is C46H68N6O8. The van der Waals surface area contributed by atoms with E-state index in [9.17, 15) is 28.8 Å². The highest BCUT2D eigenvalue weighted by Gasteiger charge is 2.50. The van der Waals surface area contributed by atoms with Crippen molar-refractivity contribution >= 4 is 41.4 Å². The Morgan fingerprint density at radius 3 is 2.25 bits per heavy atom. The van der Waals surface area contributed by atoms with E-state index in [1.807, 2.05) is 56.9 Å². The number of primary amides is 1. The summed E-state index contributed by atoms with van der Waals surface area (Å²) in [6.45, 7) is 13.9. The molecule has 1 aromatic rings. The van der Waals surface area contributed by atoms with Gasteiger partial charge < -0.3 is 35.8 Å². The lowest BCUT2D eigenvalue weighted by molar-refractivity contribution is -0.144. The summed E-state index contributed by atoms with van der Waals surface area (Å²) < 4.78 is 6.08. The normalized spacial score (nSPS) is 24.1. The summed E-state index contributed by atoms with van der Waals surface area (Å²) in [6.07, 6.45) is 6.57. The van der Waals surface area contributed by atoms with E-state index in [0.29, 0.717) is 58.3 Å². The number of carbonyl (C=O) groups excluding carboxylic acids is 7. The molecule has 3 heterocycles. The highest BCUT2D eigenvalue weighted by atomic mass is 16.6. The van der Waals surface area contributed by atoms with Crippen molar-refractivity contribution in [3.63, 3.8) is 0 Å². The van der Waals surface area contributed by atoms with Gasteiger partial charge in [0, 0.05) is 51.4 Å². The van der Waals surface area contributed by atoms with Crippen molar-refractivity contribution < 1.29 is 38.3 Å². The number of carbonyl (C=O) groups is 7. The van der Waals surface area contributed by atoms with Crippen LogP contribution in [0.2, 0.25) is 0 Å². The van der Waals surface area contributed by atoms with Crippen LogP contribution in [-0.4, -0.2) is 107 Å². The van der Waals surface area contributed by atoms with Gasteiger partial charge in [-0.3, -0.25) is 24.0 Å². The van der Waals surface area contributed by atoms with Crippen LogP contribution in [0.4, 0.5) is 9.59 Å². The van der Waals surface area contributed by atoms with Crippen molar-refractivity contribution in [3.8, 4) is 0 Å². The van der Waals surface area contributed by atoms with Gasteiger partial charge >= 0.3 is 12.1 Å². The maximum absolute atomic E-state index is 15.2.